The van der Waals surface area contributed by atoms with Gasteiger partial charge in [-0.15, -0.1) is 0 Å². The Morgan fingerprint density at radius 1 is 1.44 bits per heavy atom. The molecule has 1 aromatic carbocycles. The molecule has 0 amide bonds. The van der Waals surface area contributed by atoms with Gasteiger partial charge in [0.25, 0.3) is 0 Å². The first-order valence-electron chi connectivity index (χ1n) is 6.32. The molecule has 0 aliphatic carbocycles. The van der Waals surface area contributed by atoms with Crippen LogP contribution in [0.15, 0.2) is 29.4 Å². The van der Waals surface area contributed by atoms with Crippen LogP contribution in [0.4, 0.5) is 0 Å². The highest BCUT2D eigenvalue weighted by atomic mass is 16.4. The van der Waals surface area contributed by atoms with Crippen molar-refractivity contribution >= 4 is 5.84 Å². The van der Waals surface area contributed by atoms with Crippen LogP contribution in [0, 0.1) is 5.92 Å². The van der Waals surface area contributed by atoms with E-state index in [1.807, 2.05) is 24.3 Å². The molecule has 4 nitrogen and oxygen atoms in total. The fourth-order valence-electron chi connectivity index (χ4n) is 1.98. The van der Waals surface area contributed by atoms with Crippen molar-refractivity contribution in [2.75, 3.05) is 13.6 Å². The molecule has 0 aliphatic heterocycles. The number of benzene rings is 1. The van der Waals surface area contributed by atoms with Crippen LogP contribution in [-0.4, -0.2) is 29.5 Å². The Morgan fingerprint density at radius 2 is 2.11 bits per heavy atom. The molecule has 0 bridgehead atoms. The lowest BCUT2D eigenvalue weighted by molar-refractivity contribution is 0.275. The van der Waals surface area contributed by atoms with Gasteiger partial charge in [-0.2, -0.15) is 0 Å². The summed E-state index contributed by atoms with van der Waals surface area (Å²) in [5.41, 5.74) is 7.56. The second-order valence-electron chi connectivity index (χ2n) is 4.85. The van der Waals surface area contributed by atoms with E-state index < -0.39 is 0 Å². The van der Waals surface area contributed by atoms with Crippen molar-refractivity contribution in [3.05, 3.63) is 35.4 Å². The van der Waals surface area contributed by atoms with Crippen LogP contribution < -0.4 is 5.73 Å². The third-order valence-electron chi connectivity index (χ3n) is 3.16. The van der Waals surface area contributed by atoms with Gasteiger partial charge >= 0.3 is 0 Å². The lowest BCUT2D eigenvalue weighted by atomic mass is 10.0. The minimum atomic E-state index is 0.169. The maximum Gasteiger partial charge on any atom is 0.170 e. The molecule has 0 aliphatic rings. The molecule has 0 aromatic heterocycles. The van der Waals surface area contributed by atoms with Gasteiger partial charge in [0.05, 0.1) is 0 Å². The summed E-state index contributed by atoms with van der Waals surface area (Å²) in [7, 11) is 2.09. The number of oxime groups is 1. The first-order chi connectivity index (χ1) is 8.58. The van der Waals surface area contributed by atoms with Crippen molar-refractivity contribution in [1.82, 2.24) is 4.90 Å². The summed E-state index contributed by atoms with van der Waals surface area (Å²) in [6.07, 6.45) is 1.17. The first-order valence-corrected chi connectivity index (χ1v) is 6.32. The smallest absolute Gasteiger partial charge is 0.170 e. The summed E-state index contributed by atoms with van der Waals surface area (Å²) >= 11 is 0. The van der Waals surface area contributed by atoms with Crippen molar-refractivity contribution in [2.24, 2.45) is 16.8 Å². The van der Waals surface area contributed by atoms with Gasteiger partial charge in [-0.05, 0) is 18.5 Å². The van der Waals surface area contributed by atoms with E-state index in [0.29, 0.717) is 5.92 Å². The standard InChI is InChI=1S/C14H23N3O/c1-4-11(2)9-17(3)10-12-7-5-6-8-13(12)14(15)16-18/h5-8,11,18H,4,9-10H2,1-3H3,(H2,15,16). The van der Waals surface area contributed by atoms with Crippen molar-refractivity contribution in [3.8, 4) is 0 Å². The molecule has 0 saturated carbocycles. The SMILES string of the molecule is CCC(C)CN(C)Cc1ccccc1/C(N)=N/O. The number of amidine groups is 1. The molecule has 18 heavy (non-hydrogen) atoms. The third-order valence-corrected chi connectivity index (χ3v) is 3.16. The normalized spacial score (nSPS) is 13.9. The molecule has 4 heteroatoms. The molecule has 0 heterocycles. The van der Waals surface area contributed by atoms with Crippen LogP contribution in [-0.2, 0) is 6.54 Å². The van der Waals surface area contributed by atoms with Crippen molar-refractivity contribution < 1.29 is 5.21 Å². The molecule has 0 radical (unpaired) electrons. The van der Waals surface area contributed by atoms with Gasteiger partial charge in [0.2, 0.25) is 0 Å². The van der Waals surface area contributed by atoms with E-state index in [9.17, 15) is 0 Å². The van der Waals surface area contributed by atoms with Crippen LogP contribution >= 0.6 is 0 Å². The van der Waals surface area contributed by atoms with Crippen molar-refractivity contribution in [2.45, 2.75) is 26.8 Å². The number of hydrogen-bond acceptors (Lipinski definition) is 3. The molecule has 0 fully saturated rings. The quantitative estimate of drug-likeness (QED) is 0.352. The number of nitrogens with two attached hydrogens (primary N) is 1. The van der Waals surface area contributed by atoms with Crippen LogP contribution in [0.25, 0.3) is 0 Å². The van der Waals surface area contributed by atoms with Crippen LogP contribution in [0.3, 0.4) is 0 Å². The summed E-state index contributed by atoms with van der Waals surface area (Å²) in [6.45, 7) is 6.28. The van der Waals surface area contributed by atoms with E-state index in [1.165, 1.54) is 6.42 Å². The Balaban J connectivity index is 2.78. The molecular formula is C14H23N3O. The second-order valence-corrected chi connectivity index (χ2v) is 4.85. The number of nitrogens with zero attached hydrogens (tertiary/aromatic N) is 2. The third kappa shape index (κ3) is 4.04. The second kappa shape index (κ2) is 7.01. The minimum absolute atomic E-state index is 0.169. The summed E-state index contributed by atoms with van der Waals surface area (Å²) < 4.78 is 0. The van der Waals surface area contributed by atoms with E-state index in [2.05, 4.69) is 31.0 Å². The Bertz CT molecular complexity index is 404. The van der Waals surface area contributed by atoms with Crippen molar-refractivity contribution in [3.63, 3.8) is 0 Å². The van der Waals surface area contributed by atoms with E-state index >= 15 is 0 Å². The molecule has 100 valence electrons. The molecule has 1 atom stereocenters. The van der Waals surface area contributed by atoms with E-state index in [-0.39, 0.29) is 5.84 Å². The zero-order valence-corrected chi connectivity index (χ0v) is 11.4. The highest BCUT2D eigenvalue weighted by molar-refractivity contribution is 5.98. The lowest BCUT2D eigenvalue weighted by Crippen LogP contribution is -2.25. The summed E-state index contributed by atoms with van der Waals surface area (Å²) in [5, 5.41) is 11.9. The lowest BCUT2D eigenvalue weighted by Gasteiger charge is -2.21. The highest BCUT2D eigenvalue weighted by Gasteiger charge is 2.10. The van der Waals surface area contributed by atoms with Gasteiger partial charge < -0.3 is 15.8 Å². The first kappa shape index (κ1) is 14.5. The minimum Gasteiger partial charge on any atom is -0.409 e. The van der Waals surface area contributed by atoms with Crippen LogP contribution in [0.5, 0.6) is 0 Å². The largest absolute Gasteiger partial charge is 0.409 e. The molecule has 0 saturated heterocycles. The maximum absolute atomic E-state index is 8.78. The van der Waals surface area contributed by atoms with Gasteiger partial charge in [0, 0.05) is 18.7 Å². The average molecular weight is 249 g/mol. The van der Waals surface area contributed by atoms with Gasteiger partial charge in [-0.25, -0.2) is 0 Å². The van der Waals surface area contributed by atoms with E-state index in [0.717, 1.165) is 24.2 Å². The topological polar surface area (TPSA) is 61.8 Å². The zero-order valence-electron chi connectivity index (χ0n) is 11.4. The molecule has 3 N–H and O–H groups in total. The number of rotatable bonds is 6. The summed E-state index contributed by atoms with van der Waals surface area (Å²) in [4.78, 5) is 2.26. The fourth-order valence-corrected chi connectivity index (χ4v) is 1.98. The average Bonchev–Trinajstić information content (AvgIpc) is 2.38. The molecule has 0 spiro atoms. The van der Waals surface area contributed by atoms with Crippen LogP contribution in [0.2, 0.25) is 0 Å². The maximum atomic E-state index is 8.78. The van der Waals surface area contributed by atoms with Crippen molar-refractivity contribution in [1.29, 1.82) is 0 Å². The van der Waals surface area contributed by atoms with Gasteiger partial charge in [0.1, 0.15) is 0 Å². The monoisotopic (exact) mass is 249 g/mol. The van der Waals surface area contributed by atoms with E-state index in [1.54, 1.807) is 0 Å². The Kier molecular flexibility index (Phi) is 5.65. The predicted molar refractivity (Wildman–Crippen MR) is 74.7 cm³/mol. The fraction of sp³-hybridized carbons (Fsp3) is 0.500. The highest BCUT2D eigenvalue weighted by Crippen LogP contribution is 2.12. The molecule has 1 rings (SSSR count). The molecular weight excluding hydrogens is 226 g/mol. The molecule has 1 unspecified atom stereocenters. The van der Waals surface area contributed by atoms with Gasteiger partial charge in [-0.3, -0.25) is 0 Å². The van der Waals surface area contributed by atoms with Gasteiger partial charge in [0.15, 0.2) is 5.84 Å². The summed E-state index contributed by atoms with van der Waals surface area (Å²) in [5.74, 6) is 0.841. The zero-order chi connectivity index (χ0) is 13.5. The van der Waals surface area contributed by atoms with E-state index in [4.69, 9.17) is 10.9 Å². The Hall–Kier alpha value is -1.55. The van der Waals surface area contributed by atoms with Crippen LogP contribution in [0.1, 0.15) is 31.4 Å². The molecule has 1 aromatic rings. The Morgan fingerprint density at radius 3 is 2.72 bits per heavy atom. The Labute approximate surface area is 109 Å². The summed E-state index contributed by atoms with van der Waals surface area (Å²) in [6, 6.07) is 7.76. The number of hydrogen-bond donors (Lipinski definition) is 2. The van der Waals surface area contributed by atoms with Gasteiger partial charge in [-0.1, -0.05) is 49.7 Å². The predicted octanol–water partition coefficient (Wildman–Crippen LogP) is 2.26.